The summed E-state index contributed by atoms with van der Waals surface area (Å²) in [5.41, 5.74) is -1.03. The minimum Gasteiger partial charge on any atom is -0.380 e. The lowest BCUT2D eigenvalue weighted by molar-refractivity contribution is -0.139. The zero-order valence-electron chi connectivity index (χ0n) is 9.39. The maximum atomic E-state index is 13.1. The Balaban J connectivity index is 2.16. The fourth-order valence-corrected chi connectivity index (χ4v) is 2.92. The van der Waals surface area contributed by atoms with Crippen LogP contribution in [0.25, 0.3) is 0 Å². The molecule has 0 radical (unpaired) electrons. The summed E-state index contributed by atoms with van der Waals surface area (Å²) in [4.78, 5) is 0.956. The average molecular weight is 354 g/mol. The van der Waals surface area contributed by atoms with Gasteiger partial charge in [0.05, 0.1) is 12.1 Å². The molecule has 0 saturated carbocycles. The second-order valence-corrected chi connectivity index (χ2v) is 5.59. The van der Waals surface area contributed by atoms with Gasteiger partial charge in [0, 0.05) is 15.0 Å². The number of thiophene rings is 1. The van der Waals surface area contributed by atoms with Crippen molar-refractivity contribution >= 4 is 33.0 Å². The molecular weight excluding hydrogens is 346 g/mol. The van der Waals surface area contributed by atoms with E-state index in [2.05, 4.69) is 21.2 Å². The zero-order valence-corrected chi connectivity index (χ0v) is 11.8. The van der Waals surface area contributed by atoms with Crippen molar-refractivity contribution in [3.63, 3.8) is 0 Å². The van der Waals surface area contributed by atoms with Gasteiger partial charge in [-0.3, -0.25) is 0 Å². The molecule has 7 heteroatoms. The number of benzene rings is 1. The van der Waals surface area contributed by atoms with E-state index in [0.29, 0.717) is 6.54 Å². The van der Waals surface area contributed by atoms with Crippen LogP contribution in [0.3, 0.4) is 0 Å². The van der Waals surface area contributed by atoms with Gasteiger partial charge in [0.1, 0.15) is 5.82 Å². The summed E-state index contributed by atoms with van der Waals surface area (Å²) in [6.45, 7) is 0.376. The Labute approximate surface area is 119 Å². The van der Waals surface area contributed by atoms with Crippen LogP contribution in [-0.4, -0.2) is 0 Å². The Hall–Kier alpha value is -1.08. The van der Waals surface area contributed by atoms with E-state index in [-0.39, 0.29) is 5.69 Å². The third kappa shape index (κ3) is 3.48. The summed E-state index contributed by atoms with van der Waals surface area (Å²) in [5, 5.41) is 4.71. The van der Waals surface area contributed by atoms with Crippen molar-refractivity contribution in [2.45, 2.75) is 12.7 Å². The van der Waals surface area contributed by atoms with Crippen LogP contribution in [0.2, 0.25) is 0 Å². The summed E-state index contributed by atoms with van der Waals surface area (Å²) in [7, 11) is 0. The van der Waals surface area contributed by atoms with E-state index >= 15 is 0 Å². The molecule has 1 heterocycles. The largest absolute Gasteiger partial charge is 0.419 e. The van der Waals surface area contributed by atoms with E-state index < -0.39 is 17.6 Å². The van der Waals surface area contributed by atoms with Gasteiger partial charge in [-0.2, -0.15) is 13.2 Å². The van der Waals surface area contributed by atoms with Crippen molar-refractivity contribution in [3.05, 3.63) is 50.4 Å². The molecule has 1 aromatic heterocycles. The number of alkyl halides is 3. The molecule has 0 fully saturated rings. The second-order valence-electron chi connectivity index (χ2n) is 3.74. The predicted molar refractivity (Wildman–Crippen MR) is 70.7 cm³/mol. The van der Waals surface area contributed by atoms with Crippen molar-refractivity contribution in [2.24, 2.45) is 0 Å². The Morgan fingerprint density at radius 1 is 1.21 bits per heavy atom. The van der Waals surface area contributed by atoms with Gasteiger partial charge in [-0.15, -0.1) is 11.3 Å². The lowest BCUT2D eigenvalue weighted by Gasteiger charge is -2.11. The summed E-state index contributed by atoms with van der Waals surface area (Å²) < 4.78 is 51.6. The Kier molecular flexibility index (Phi) is 4.15. The van der Waals surface area contributed by atoms with Crippen LogP contribution in [-0.2, 0) is 12.7 Å². The van der Waals surface area contributed by atoms with Gasteiger partial charge in [0.2, 0.25) is 0 Å². The molecule has 2 aromatic rings. The Morgan fingerprint density at radius 3 is 2.53 bits per heavy atom. The van der Waals surface area contributed by atoms with Crippen molar-refractivity contribution < 1.29 is 17.6 Å². The van der Waals surface area contributed by atoms with Gasteiger partial charge in [0.15, 0.2) is 0 Å². The quantitative estimate of drug-likeness (QED) is 0.740. The average Bonchev–Trinajstić information content (AvgIpc) is 2.72. The fourth-order valence-electron chi connectivity index (χ4n) is 1.49. The van der Waals surface area contributed by atoms with Gasteiger partial charge >= 0.3 is 6.18 Å². The van der Waals surface area contributed by atoms with Crippen molar-refractivity contribution in [2.75, 3.05) is 5.32 Å². The molecule has 102 valence electrons. The molecule has 0 amide bonds. The van der Waals surface area contributed by atoms with Crippen molar-refractivity contribution in [3.8, 4) is 0 Å². The van der Waals surface area contributed by atoms with E-state index in [1.165, 1.54) is 17.4 Å². The van der Waals surface area contributed by atoms with Crippen LogP contribution in [0.4, 0.5) is 23.2 Å². The molecule has 0 aliphatic rings. The van der Waals surface area contributed by atoms with E-state index in [1.54, 1.807) is 0 Å². The Bertz CT molecular complexity index is 579. The summed E-state index contributed by atoms with van der Waals surface area (Å²) in [6, 6.07) is 4.73. The summed E-state index contributed by atoms with van der Waals surface area (Å²) in [6.07, 6.45) is -4.69. The third-order valence-corrected chi connectivity index (χ3v) is 4.34. The first-order valence-corrected chi connectivity index (χ1v) is 6.87. The van der Waals surface area contributed by atoms with E-state index in [1.807, 2.05) is 11.4 Å². The maximum absolute atomic E-state index is 13.1. The summed E-state index contributed by atoms with van der Waals surface area (Å²) in [5.74, 6) is -1.27. The molecule has 1 N–H and O–H groups in total. The standard InChI is InChI=1S/C12H8BrF4NS/c13-9-3-4-19-11(9)6-18-7-1-2-10(14)8(5-7)12(15,16)17/h1-5,18H,6H2. The smallest absolute Gasteiger partial charge is 0.380 e. The fraction of sp³-hybridized carbons (Fsp3) is 0.167. The first kappa shape index (κ1) is 14.3. The van der Waals surface area contributed by atoms with E-state index in [0.717, 1.165) is 21.5 Å². The minimum atomic E-state index is -4.69. The first-order valence-electron chi connectivity index (χ1n) is 5.20. The first-order chi connectivity index (χ1) is 8.88. The highest BCUT2D eigenvalue weighted by molar-refractivity contribution is 9.10. The molecule has 2 rings (SSSR count). The highest BCUT2D eigenvalue weighted by Gasteiger charge is 2.34. The number of halogens is 5. The van der Waals surface area contributed by atoms with Crippen molar-refractivity contribution in [1.29, 1.82) is 0 Å². The molecule has 0 unspecified atom stereocenters. The molecular formula is C12H8BrF4NS. The van der Waals surface area contributed by atoms with E-state index in [4.69, 9.17) is 0 Å². The zero-order chi connectivity index (χ0) is 14.0. The Morgan fingerprint density at radius 2 is 1.95 bits per heavy atom. The third-order valence-electron chi connectivity index (χ3n) is 2.42. The predicted octanol–water partition coefficient (Wildman–Crippen LogP) is 5.28. The van der Waals surface area contributed by atoms with Crippen LogP contribution in [0.15, 0.2) is 34.1 Å². The lowest BCUT2D eigenvalue weighted by atomic mass is 10.2. The molecule has 0 saturated heterocycles. The van der Waals surface area contributed by atoms with Gasteiger partial charge < -0.3 is 5.32 Å². The SMILES string of the molecule is Fc1ccc(NCc2sccc2Br)cc1C(F)(F)F. The topological polar surface area (TPSA) is 12.0 Å². The molecule has 1 aromatic carbocycles. The van der Waals surface area contributed by atoms with Gasteiger partial charge in [-0.25, -0.2) is 4.39 Å². The molecule has 0 atom stereocenters. The lowest BCUT2D eigenvalue weighted by Crippen LogP contribution is -2.09. The molecule has 19 heavy (non-hydrogen) atoms. The minimum absolute atomic E-state index is 0.231. The van der Waals surface area contributed by atoms with Gasteiger partial charge in [0.25, 0.3) is 0 Å². The molecule has 0 aliphatic carbocycles. The van der Waals surface area contributed by atoms with Crippen molar-refractivity contribution in [1.82, 2.24) is 0 Å². The van der Waals surface area contributed by atoms with Gasteiger partial charge in [-0.1, -0.05) is 0 Å². The number of anilines is 1. The van der Waals surface area contributed by atoms with Crippen LogP contribution < -0.4 is 5.32 Å². The molecule has 0 bridgehead atoms. The van der Waals surface area contributed by atoms with Crippen LogP contribution in [0, 0.1) is 5.82 Å². The number of nitrogens with one attached hydrogen (secondary N) is 1. The number of rotatable bonds is 3. The normalized spacial score (nSPS) is 11.6. The summed E-state index contributed by atoms with van der Waals surface area (Å²) >= 11 is 4.80. The van der Waals surface area contributed by atoms with E-state index in [9.17, 15) is 17.6 Å². The van der Waals surface area contributed by atoms with Crippen LogP contribution in [0.1, 0.15) is 10.4 Å². The maximum Gasteiger partial charge on any atom is 0.419 e. The van der Waals surface area contributed by atoms with Crippen LogP contribution in [0.5, 0.6) is 0 Å². The van der Waals surface area contributed by atoms with Gasteiger partial charge in [-0.05, 0) is 45.6 Å². The molecule has 0 aliphatic heterocycles. The highest BCUT2D eigenvalue weighted by Crippen LogP contribution is 2.33. The van der Waals surface area contributed by atoms with Crippen LogP contribution >= 0.6 is 27.3 Å². The molecule has 1 nitrogen and oxygen atoms in total. The highest BCUT2D eigenvalue weighted by atomic mass is 79.9. The number of hydrogen-bond donors (Lipinski definition) is 1. The molecule has 0 spiro atoms. The number of hydrogen-bond acceptors (Lipinski definition) is 2. The monoisotopic (exact) mass is 353 g/mol. The second kappa shape index (κ2) is 5.50.